The molecule has 1 saturated heterocycles. The van der Waals surface area contributed by atoms with Crippen molar-refractivity contribution in [3.8, 4) is 5.75 Å². The van der Waals surface area contributed by atoms with E-state index in [0.717, 1.165) is 0 Å². The van der Waals surface area contributed by atoms with Gasteiger partial charge < -0.3 is 14.4 Å². The van der Waals surface area contributed by atoms with Crippen molar-refractivity contribution < 1.29 is 28.7 Å². The van der Waals surface area contributed by atoms with Crippen molar-refractivity contribution in [3.63, 3.8) is 0 Å². The van der Waals surface area contributed by atoms with Crippen LogP contribution < -0.4 is 10.1 Å². The van der Waals surface area contributed by atoms with Gasteiger partial charge in [0, 0.05) is 17.5 Å². The normalized spacial score (nSPS) is 22.0. The molecule has 1 fully saturated rings. The quantitative estimate of drug-likeness (QED) is 0.623. The number of imide groups is 1. The molecule has 3 rings (SSSR count). The van der Waals surface area contributed by atoms with E-state index in [2.05, 4.69) is 5.32 Å². The third-order valence-electron chi connectivity index (χ3n) is 4.68. The van der Waals surface area contributed by atoms with Gasteiger partial charge >= 0.3 is 5.97 Å². The zero-order valence-corrected chi connectivity index (χ0v) is 16.4. The Kier molecular flexibility index (Phi) is 5.14. The molecule has 1 aromatic rings. The Labute approximate surface area is 163 Å². The fourth-order valence-electron chi connectivity index (χ4n) is 3.61. The van der Waals surface area contributed by atoms with Crippen LogP contribution in [0.15, 0.2) is 18.2 Å². The van der Waals surface area contributed by atoms with Crippen molar-refractivity contribution in [2.75, 3.05) is 6.61 Å². The molecular formula is C20H24N2O6. The Morgan fingerprint density at radius 1 is 1.25 bits per heavy atom. The van der Waals surface area contributed by atoms with Gasteiger partial charge in [0.25, 0.3) is 5.91 Å². The van der Waals surface area contributed by atoms with E-state index in [9.17, 15) is 19.2 Å². The highest BCUT2D eigenvalue weighted by Gasteiger charge is 2.44. The maximum absolute atomic E-state index is 12.9. The summed E-state index contributed by atoms with van der Waals surface area (Å²) in [5.74, 6) is -1.21. The summed E-state index contributed by atoms with van der Waals surface area (Å²) in [4.78, 5) is 50.0. The summed E-state index contributed by atoms with van der Waals surface area (Å²) in [6, 6.07) is 3.87. The molecule has 28 heavy (non-hydrogen) atoms. The van der Waals surface area contributed by atoms with Crippen molar-refractivity contribution in [2.45, 2.75) is 58.2 Å². The molecule has 150 valence electrons. The van der Waals surface area contributed by atoms with Gasteiger partial charge in [-0.2, -0.15) is 0 Å². The first-order valence-electron chi connectivity index (χ1n) is 9.22. The van der Waals surface area contributed by atoms with Crippen LogP contribution in [0.5, 0.6) is 5.75 Å². The standard InChI is InChI=1S/C20H24N2O6/c1-11-17-12(19(26)22(11)13-8-9-15(23)21-18(13)25)6-5-7-14(17)27-10-16(24)28-20(2,3)4/h5-7,11,13H,8-10H2,1-4H3,(H,21,23,25). The van der Waals surface area contributed by atoms with E-state index < -0.39 is 29.6 Å². The molecule has 2 unspecified atom stereocenters. The molecule has 2 heterocycles. The predicted octanol–water partition coefficient (Wildman–Crippen LogP) is 1.73. The predicted molar refractivity (Wildman–Crippen MR) is 98.5 cm³/mol. The van der Waals surface area contributed by atoms with Gasteiger partial charge in [-0.3, -0.25) is 19.7 Å². The van der Waals surface area contributed by atoms with E-state index in [-0.39, 0.29) is 31.3 Å². The van der Waals surface area contributed by atoms with E-state index in [4.69, 9.17) is 9.47 Å². The molecule has 8 heteroatoms. The second-order valence-corrected chi connectivity index (χ2v) is 7.95. The smallest absolute Gasteiger partial charge is 0.344 e. The minimum atomic E-state index is -0.716. The van der Waals surface area contributed by atoms with E-state index in [1.165, 1.54) is 4.90 Å². The lowest BCUT2D eigenvalue weighted by Gasteiger charge is -2.33. The fourth-order valence-corrected chi connectivity index (χ4v) is 3.61. The summed E-state index contributed by atoms with van der Waals surface area (Å²) in [5, 5.41) is 2.29. The minimum Gasteiger partial charge on any atom is -0.482 e. The van der Waals surface area contributed by atoms with Crippen molar-refractivity contribution in [1.29, 1.82) is 0 Å². The van der Waals surface area contributed by atoms with Crippen LogP contribution >= 0.6 is 0 Å². The molecule has 2 aliphatic heterocycles. The van der Waals surface area contributed by atoms with Gasteiger partial charge in [0.15, 0.2) is 6.61 Å². The van der Waals surface area contributed by atoms with E-state index >= 15 is 0 Å². The monoisotopic (exact) mass is 388 g/mol. The number of fused-ring (bicyclic) bond motifs is 1. The molecule has 0 spiro atoms. The summed E-state index contributed by atoms with van der Waals surface area (Å²) in [7, 11) is 0. The van der Waals surface area contributed by atoms with E-state index in [0.29, 0.717) is 16.9 Å². The summed E-state index contributed by atoms with van der Waals surface area (Å²) in [6.07, 6.45) is 0.466. The average molecular weight is 388 g/mol. The van der Waals surface area contributed by atoms with Gasteiger partial charge in [0.1, 0.15) is 17.4 Å². The lowest BCUT2D eigenvalue weighted by atomic mass is 10.0. The molecule has 8 nitrogen and oxygen atoms in total. The van der Waals surface area contributed by atoms with Crippen LogP contribution in [-0.2, 0) is 19.1 Å². The lowest BCUT2D eigenvalue weighted by Crippen LogP contribution is -2.53. The Hall–Kier alpha value is -2.90. The molecule has 0 aromatic heterocycles. The number of benzene rings is 1. The molecule has 0 radical (unpaired) electrons. The second kappa shape index (κ2) is 7.26. The number of nitrogens with zero attached hydrogens (tertiary/aromatic N) is 1. The maximum atomic E-state index is 12.9. The van der Waals surface area contributed by atoms with Gasteiger partial charge in [-0.05, 0) is 46.2 Å². The van der Waals surface area contributed by atoms with Crippen LogP contribution in [0.3, 0.4) is 0 Å². The number of ether oxygens (including phenoxy) is 2. The number of hydrogen-bond acceptors (Lipinski definition) is 6. The van der Waals surface area contributed by atoms with Crippen molar-refractivity contribution in [2.24, 2.45) is 0 Å². The first-order chi connectivity index (χ1) is 13.1. The van der Waals surface area contributed by atoms with Crippen molar-refractivity contribution in [3.05, 3.63) is 29.3 Å². The highest BCUT2D eigenvalue weighted by atomic mass is 16.6. The van der Waals surface area contributed by atoms with Crippen LogP contribution in [0.1, 0.15) is 62.5 Å². The summed E-state index contributed by atoms with van der Waals surface area (Å²) in [5.41, 5.74) is 0.435. The van der Waals surface area contributed by atoms with E-state index in [1.807, 2.05) is 0 Å². The van der Waals surface area contributed by atoms with Gasteiger partial charge in [0.2, 0.25) is 11.8 Å². The highest BCUT2D eigenvalue weighted by Crippen LogP contribution is 2.41. The number of rotatable bonds is 4. The molecule has 0 aliphatic carbocycles. The van der Waals surface area contributed by atoms with Crippen LogP contribution in [-0.4, -0.2) is 46.8 Å². The Bertz CT molecular complexity index is 842. The van der Waals surface area contributed by atoms with Crippen molar-refractivity contribution in [1.82, 2.24) is 10.2 Å². The molecule has 0 saturated carbocycles. The number of carbonyl (C=O) groups excluding carboxylic acids is 4. The zero-order valence-electron chi connectivity index (χ0n) is 16.4. The molecule has 2 aliphatic rings. The molecule has 1 N–H and O–H groups in total. The molecule has 0 bridgehead atoms. The number of esters is 1. The summed E-state index contributed by atoms with van der Waals surface area (Å²) >= 11 is 0. The summed E-state index contributed by atoms with van der Waals surface area (Å²) < 4.78 is 10.9. The van der Waals surface area contributed by atoms with Gasteiger partial charge in [-0.1, -0.05) is 6.07 Å². The third kappa shape index (κ3) is 3.85. The number of hydrogen-bond donors (Lipinski definition) is 1. The Balaban J connectivity index is 1.80. The van der Waals surface area contributed by atoms with Gasteiger partial charge in [-0.25, -0.2) is 4.79 Å². The van der Waals surface area contributed by atoms with Gasteiger partial charge in [-0.15, -0.1) is 0 Å². The molecule has 1 aromatic carbocycles. The van der Waals surface area contributed by atoms with Gasteiger partial charge in [0.05, 0.1) is 6.04 Å². The first kappa shape index (κ1) is 19.9. The maximum Gasteiger partial charge on any atom is 0.344 e. The number of nitrogens with one attached hydrogen (secondary N) is 1. The Morgan fingerprint density at radius 2 is 1.96 bits per heavy atom. The third-order valence-corrected chi connectivity index (χ3v) is 4.68. The topological polar surface area (TPSA) is 102 Å². The number of piperidine rings is 1. The van der Waals surface area contributed by atoms with Crippen LogP contribution in [0.2, 0.25) is 0 Å². The number of carbonyl (C=O) groups is 4. The van der Waals surface area contributed by atoms with Crippen LogP contribution in [0.25, 0.3) is 0 Å². The first-order valence-corrected chi connectivity index (χ1v) is 9.22. The zero-order chi connectivity index (χ0) is 20.6. The van der Waals surface area contributed by atoms with Crippen LogP contribution in [0.4, 0.5) is 0 Å². The minimum absolute atomic E-state index is 0.186. The largest absolute Gasteiger partial charge is 0.482 e. The van der Waals surface area contributed by atoms with E-state index in [1.54, 1.807) is 45.9 Å². The molecule has 2 atom stereocenters. The Morgan fingerprint density at radius 3 is 2.61 bits per heavy atom. The second-order valence-electron chi connectivity index (χ2n) is 7.95. The van der Waals surface area contributed by atoms with Crippen molar-refractivity contribution >= 4 is 23.7 Å². The molecule has 3 amide bonds. The summed E-state index contributed by atoms with van der Waals surface area (Å²) in [6.45, 7) is 6.82. The highest BCUT2D eigenvalue weighted by molar-refractivity contribution is 6.06. The lowest BCUT2D eigenvalue weighted by molar-refractivity contribution is -0.157. The fraction of sp³-hybridized carbons (Fsp3) is 0.500. The average Bonchev–Trinajstić information content (AvgIpc) is 2.84. The number of amides is 3. The van der Waals surface area contributed by atoms with Crippen LogP contribution in [0, 0.1) is 0 Å². The SMILES string of the molecule is CC1c2c(OCC(=O)OC(C)(C)C)cccc2C(=O)N1C1CCC(=O)NC1=O. The molecular weight excluding hydrogens is 364 g/mol.